The number of thiol groups is 1. The Labute approximate surface area is 73.6 Å². The fraction of sp³-hybridized carbons (Fsp3) is 1.00. The second-order valence-electron chi connectivity index (χ2n) is 4.78. The van der Waals surface area contributed by atoms with Crippen molar-refractivity contribution in [3.8, 4) is 0 Å². The van der Waals surface area contributed by atoms with Crippen LogP contribution in [0, 0.1) is 11.3 Å². The summed E-state index contributed by atoms with van der Waals surface area (Å²) in [6, 6.07) is 0. The van der Waals surface area contributed by atoms with E-state index in [0.29, 0.717) is 5.41 Å². The van der Waals surface area contributed by atoms with Crippen LogP contribution in [0.1, 0.15) is 20.8 Å². The summed E-state index contributed by atoms with van der Waals surface area (Å²) < 4.78 is 2.60. The molecule has 1 aliphatic rings. The first-order valence-corrected chi connectivity index (χ1v) is 6.52. The summed E-state index contributed by atoms with van der Waals surface area (Å²) in [5.74, 6) is 0.937. The largest absolute Gasteiger partial charge is 0.270 e. The third-order valence-corrected chi connectivity index (χ3v) is 4.11. The van der Waals surface area contributed by atoms with E-state index in [1.165, 1.54) is 13.1 Å². The van der Waals surface area contributed by atoms with E-state index in [2.05, 4.69) is 37.6 Å². The van der Waals surface area contributed by atoms with Crippen molar-refractivity contribution in [3.63, 3.8) is 0 Å². The lowest BCUT2D eigenvalue weighted by Gasteiger charge is -2.49. The van der Waals surface area contributed by atoms with Crippen molar-refractivity contribution in [1.82, 2.24) is 4.31 Å². The highest BCUT2D eigenvalue weighted by molar-refractivity contribution is 8.13. The normalized spacial score (nSPS) is 23.2. The van der Waals surface area contributed by atoms with Crippen molar-refractivity contribution in [2.75, 3.05) is 25.6 Å². The zero-order chi connectivity index (χ0) is 8.65. The first-order valence-electron chi connectivity index (χ1n) is 4.33. The fourth-order valence-electron chi connectivity index (χ4n) is 1.33. The topological polar surface area (TPSA) is 3.24 Å². The molecule has 0 unspecified atom stereocenters. The third-order valence-electron chi connectivity index (χ3n) is 2.65. The van der Waals surface area contributed by atoms with Gasteiger partial charge in [0, 0.05) is 13.1 Å². The van der Waals surface area contributed by atoms with E-state index in [9.17, 15) is 0 Å². The highest BCUT2D eigenvalue weighted by Gasteiger charge is 2.35. The summed E-state index contributed by atoms with van der Waals surface area (Å²) in [4.78, 5) is 0. The monoisotopic (exact) mass is 175 g/mol. The zero-order valence-corrected chi connectivity index (χ0v) is 9.28. The predicted molar refractivity (Wildman–Crippen MR) is 55.4 cm³/mol. The minimum Gasteiger partial charge on any atom is -0.270 e. The van der Waals surface area contributed by atoms with E-state index in [0.717, 1.165) is 5.92 Å². The molecule has 0 aromatic carbocycles. The molecule has 0 radical (unpaired) electrons. The van der Waals surface area contributed by atoms with Crippen LogP contribution in [0.2, 0.25) is 0 Å². The van der Waals surface area contributed by atoms with Gasteiger partial charge in [0.2, 0.25) is 0 Å². The number of hydrogen-bond acceptors (Lipinski definition) is 1. The van der Waals surface area contributed by atoms with Crippen LogP contribution in [0.25, 0.3) is 0 Å². The molecule has 0 aromatic rings. The Kier molecular flexibility index (Phi) is 2.55. The molecule has 1 fully saturated rings. The van der Waals surface area contributed by atoms with Crippen molar-refractivity contribution in [2.45, 2.75) is 20.8 Å². The van der Waals surface area contributed by atoms with E-state index in [1.807, 2.05) is 0 Å². The lowest BCUT2D eigenvalue weighted by atomic mass is 9.77. The highest BCUT2D eigenvalue weighted by Crippen LogP contribution is 2.39. The Morgan fingerprint density at radius 3 is 1.91 bits per heavy atom. The minimum atomic E-state index is 0.185. The molecule has 68 valence electrons. The van der Waals surface area contributed by atoms with Gasteiger partial charge in [-0.15, -0.1) is 0 Å². The quantitative estimate of drug-likeness (QED) is 0.598. The molecule has 11 heavy (non-hydrogen) atoms. The third kappa shape index (κ3) is 2.12. The van der Waals surface area contributed by atoms with E-state index < -0.39 is 0 Å². The van der Waals surface area contributed by atoms with Crippen molar-refractivity contribution >= 4 is 11.1 Å². The molecule has 1 saturated heterocycles. The summed E-state index contributed by atoms with van der Waals surface area (Å²) >= 11 is 0.185. The highest BCUT2D eigenvalue weighted by atomic mass is 32.2. The van der Waals surface area contributed by atoms with Gasteiger partial charge in [-0.05, 0) is 23.8 Å². The second kappa shape index (κ2) is 2.98. The molecule has 1 aliphatic heterocycles. The van der Waals surface area contributed by atoms with Gasteiger partial charge in [-0.2, -0.15) is 0 Å². The fourth-order valence-corrected chi connectivity index (χ4v) is 2.38. The molecule has 0 saturated carbocycles. The maximum atomic E-state index is 2.60. The van der Waals surface area contributed by atoms with Gasteiger partial charge in [-0.3, -0.25) is 4.31 Å². The van der Waals surface area contributed by atoms with Gasteiger partial charge in [0.15, 0.2) is 0 Å². The molecule has 1 heterocycles. The lowest BCUT2D eigenvalue weighted by molar-refractivity contribution is 0.0961. The first-order chi connectivity index (χ1) is 4.91. The Balaban J connectivity index is 2.30. The van der Waals surface area contributed by atoms with Gasteiger partial charge in [0.05, 0.1) is 0 Å². The molecule has 0 N–H and O–H groups in total. The summed E-state index contributed by atoms with van der Waals surface area (Å²) in [5, 5.41) is 0. The van der Waals surface area contributed by atoms with Crippen LogP contribution in [0.4, 0.5) is 0 Å². The van der Waals surface area contributed by atoms with Crippen molar-refractivity contribution < 1.29 is 0 Å². The molecule has 0 aliphatic carbocycles. The molecule has 1 rings (SSSR count). The molecule has 1 nitrogen and oxygen atoms in total. The van der Waals surface area contributed by atoms with Crippen LogP contribution in [-0.2, 0) is 0 Å². The van der Waals surface area contributed by atoms with Crippen LogP contribution >= 0.6 is 11.1 Å². The maximum absolute atomic E-state index is 2.60. The smallest absolute Gasteiger partial charge is 0.0118 e. The average molecular weight is 175 g/mol. The average Bonchev–Trinajstić information content (AvgIpc) is 1.51. The second-order valence-corrected chi connectivity index (χ2v) is 7.04. The molecule has 0 bridgehead atoms. The van der Waals surface area contributed by atoms with E-state index in [1.54, 1.807) is 0 Å². The SMILES string of the molecule is C[SH](C)N1CC(C(C)(C)C)C1. The minimum absolute atomic E-state index is 0.185. The van der Waals surface area contributed by atoms with Gasteiger partial charge in [0.25, 0.3) is 0 Å². The summed E-state index contributed by atoms with van der Waals surface area (Å²) in [6.07, 6.45) is 4.68. The Morgan fingerprint density at radius 1 is 1.18 bits per heavy atom. The van der Waals surface area contributed by atoms with E-state index in [4.69, 9.17) is 0 Å². The van der Waals surface area contributed by atoms with Crippen molar-refractivity contribution in [1.29, 1.82) is 0 Å². The molecular formula is C9H21NS. The van der Waals surface area contributed by atoms with Crippen molar-refractivity contribution in [2.24, 2.45) is 11.3 Å². The first kappa shape index (κ1) is 9.40. The van der Waals surface area contributed by atoms with Crippen LogP contribution in [0.3, 0.4) is 0 Å². The predicted octanol–water partition coefficient (Wildman–Crippen LogP) is 2.14. The van der Waals surface area contributed by atoms with E-state index >= 15 is 0 Å². The Hall–Kier alpha value is 0.310. The molecule has 0 aromatic heterocycles. The number of nitrogens with zero attached hydrogens (tertiary/aromatic N) is 1. The van der Waals surface area contributed by atoms with Crippen molar-refractivity contribution in [3.05, 3.63) is 0 Å². The Bertz CT molecular complexity index is 131. The molecule has 0 spiro atoms. The van der Waals surface area contributed by atoms with Crippen LogP contribution in [0.5, 0.6) is 0 Å². The standard InChI is InChI=1S/C9H21NS/c1-9(2,3)8-6-10(7-8)11(4)5/h8,11H,6-7H2,1-5H3. The van der Waals surface area contributed by atoms with Gasteiger partial charge >= 0.3 is 0 Å². The van der Waals surface area contributed by atoms with Crippen LogP contribution in [0.15, 0.2) is 0 Å². The Morgan fingerprint density at radius 2 is 1.64 bits per heavy atom. The maximum Gasteiger partial charge on any atom is 0.0118 e. The summed E-state index contributed by atoms with van der Waals surface area (Å²) in [6.45, 7) is 9.72. The zero-order valence-electron chi connectivity index (χ0n) is 8.39. The summed E-state index contributed by atoms with van der Waals surface area (Å²) in [5.41, 5.74) is 0.530. The van der Waals surface area contributed by atoms with Crippen LogP contribution in [-0.4, -0.2) is 29.9 Å². The van der Waals surface area contributed by atoms with Crippen LogP contribution < -0.4 is 0 Å². The molecular weight excluding hydrogens is 154 g/mol. The molecule has 0 amide bonds. The summed E-state index contributed by atoms with van der Waals surface area (Å²) in [7, 11) is 0. The van der Waals surface area contributed by atoms with Gasteiger partial charge in [0.1, 0.15) is 0 Å². The van der Waals surface area contributed by atoms with Gasteiger partial charge < -0.3 is 0 Å². The van der Waals surface area contributed by atoms with Gasteiger partial charge in [-0.1, -0.05) is 20.8 Å². The number of rotatable bonds is 1. The molecule has 2 heteroatoms. The van der Waals surface area contributed by atoms with Gasteiger partial charge in [-0.25, -0.2) is 11.1 Å². The lowest BCUT2D eigenvalue weighted by Crippen LogP contribution is -2.49. The number of hydrogen-bond donors (Lipinski definition) is 1. The van der Waals surface area contributed by atoms with E-state index in [-0.39, 0.29) is 11.1 Å². The molecule has 0 atom stereocenters.